The Labute approximate surface area is 114 Å². The first kappa shape index (κ1) is 13.4. The van der Waals surface area contributed by atoms with Gasteiger partial charge in [-0.05, 0) is 36.4 Å². The average molecular weight is 272 g/mol. The van der Waals surface area contributed by atoms with E-state index in [2.05, 4.69) is 0 Å². The van der Waals surface area contributed by atoms with E-state index in [1.807, 2.05) is 0 Å². The number of para-hydroxylation sites is 1. The van der Waals surface area contributed by atoms with Gasteiger partial charge in [-0.3, -0.25) is 4.79 Å². The summed E-state index contributed by atoms with van der Waals surface area (Å²) in [6, 6.07) is 10.6. The molecule has 1 amide bonds. The first-order chi connectivity index (χ1) is 9.49. The number of carboxylic acids is 1. The van der Waals surface area contributed by atoms with E-state index < -0.39 is 11.9 Å². The highest BCUT2D eigenvalue weighted by molar-refractivity contribution is 5.95. The Morgan fingerprint density at radius 1 is 1.05 bits per heavy atom. The van der Waals surface area contributed by atoms with Crippen LogP contribution in [0, 0.1) is 0 Å². The SMILES string of the molecule is NC(=O)c1ccc(Oc2cccc(C(=O)O)c2N)cc1. The zero-order valence-corrected chi connectivity index (χ0v) is 10.4. The summed E-state index contributed by atoms with van der Waals surface area (Å²) in [6.45, 7) is 0. The minimum absolute atomic E-state index is 0.0312. The minimum atomic E-state index is -1.13. The number of carbonyl (C=O) groups is 2. The summed E-state index contributed by atoms with van der Waals surface area (Å²) in [5.41, 5.74) is 11.2. The van der Waals surface area contributed by atoms with Gasteiger partial charge in [-0.25, -0.2) is 4.79 Å². The number of carbonyl (C=O) groups excluding carboxylic acids is 1. The van der Waals surface area contributed by atoms with E-state index in [1.54, 1.807) is 18.2 Å². The number of aromatic carboxylic acids is 1. The van der Waals surface area contributed by atoms with Crippen molar-refractivity contribution >= 4 is 17.6 Å². The molecule has 5 N–H and O–H groups in total. The van der Waals surface area contributed by atoms with Gasteiger partial charge in [0.05, 0.1) is 11.3 Å². The number of hydrogen-bond donors (Lipinski definition) is 3. The van der Waals surface area contributed by atoms with Crippen molar-refractivity contribution in [3.8, 4) is 11.5 Å². The summed E-state index contributed by atoms with van der Waals surface area (Å²) in [6.07, 6.45) is 0. The zero-order chi connectivity index (χ0) is 14.7. The van der Waals surface area contributed by atoms with E-state index in [-0.39, 0.29) is 17.0 Å². The second-order valence-corrected chi connectivity index (χ2v) is 4.01. The number of hydrogen-bond acceptors (Lipinski definition) is 4. The molecule has 0 aromatic heterocycles. The summed E-state index contributed by atoms with van der Waals surface area (Å²) in [4.78, 5) is 21.9. The molecule has 2 aromatic rings. The van der Waals surface area contributed by atoms with Crippen LogP contribution in [0.3, 0.4) is 0 Å². The maximum Gasteiger partial charge on any atom is 0.337 e. The first-order valence-corrected chi connectivity index (χ1v) is 5.68. The van der Waals surface area contributed by atoms with Crippen molar-refractivity contribution in [2.75, 3.05) is 5.73 Å². The largest absolute Gasteiger partial charge is 0.478 e. The maximum atomic E-state index is 11.0. The summed E-state index contributed by atoms with van der Waals surface area (Å²) in [7, 11) is 0. The number of nitrogen functional groups attached to an aromatic ring is 1. The van der Waals surface area contributed by atoms with Gasteiger partial charge in [0.15, 0.2) is 5.75 Å². The third-order valence-corrected chi connectivity index (χ3v) is 2.66. The van der Waals surface area contributed by atoms with Gasteiger partial charge in [0.25, 0.3) is 0 Å². The third kappa shape index (κ3) is 2.69. The van der Waals surface area contributed by atoms with Gasteiger partial charge in [0.1, 0.15) is 5.75 Å². The molecule has 0 heterocycles. The second kappa shape index (κ2) is 5.31. The zero-order valence-electron chi connectivity index (χ0n) is 10.4. The van der Waals surface area contributed by atoms with Crippen LogP contribution in [0.1, 0.15) is 20.7 Å². The standard InChI is InChI=1S/C14H12N2O4/c15-12-10(14(18)19)2-1-3-11(12)20-9-6-4-8(5-7-9)13(16)17/h1-7H,15H2,(H2,16,17)(H,18,19). The van der Waals surface area contributed by atoms with Crippen molar-refractivity contribution in [1.82, 2.24) is 0 Å². The summed E-state index contributed by atoms with van der Waals surface area (Å²) in [5.74, 6) is -1.01. The smallest absolute Gasteiger partial charge is 0.337 e. The Kier molecular flexibility index (Phi) is 3.56. The average Bonchev–Trinajstić information content (AvgIpc) is 2.41. The van der Waals surface area contributed by atoms with Crippen molar-refractivity contribution in [1.29, 1.82) is 0 Å². The van der Waals surface area contributed by atoms with Crippen molar-refractivity contribution in [2.45, 2.75) is 0 Å². The van der Waals surface area contributed by atoms with Gasteiger partial charge in [0, 0.05) is 5.56 Å². The fourth-order valence-electron chi connectivity index (χ4n) is 1.63. The van der Waals surface area contributed by atoms with Gasteiger partial charge in [-0.15, -0.1) is 0 Å². The van der Waals surface area contributed by atoms with Gasteiger partial charge < -0.3 is 21.3 Å². The summed E-state index contributed by atoms with van der Waals surface area (Å²) < 4.78 is 5.49. The maximum absolute atomic E-state index is 11.0. The van der Waals surface area contributed by atoms with Crippen molar-refractivity contribution in [3.05, 3.63) is 53.6 Å². The van der Waals surface area contributed by atoms with E-state index in [9.17, 15) is 9.59 Å². The van der Waals surface area contributed by atoms with Crippen LogP contribution in [0.4, 0.5) is 5.69 Å². The van der Waals surface area contributed by atoms with E-state index in [0.29, 0.717) is 11.3 Å². The molecule has 0 aliphatic rings. The van der Waals surface area contributed by atoms with E-state index in [4.69, 9.17) is 21.3 Å². The first-order valence-electron chi connectivity index (χ1n) is 5.68. The molecule has 6 nitrogen and oxygen atoms in total. The lowest BCUT2D eigenvalue weighted by Gasteiger charge is -2.10. The van der Waals surface area contributed by atoms with Gasteiger partial charge in [-0.2, -0.15) is 0 Å². The molecule has 0 spiro atoms. The molecule has 0 saturated heterocycles. The van der Waals surface area contributed by atoms with Crippen LogP contribution in [0.5, 0.6) is 11.5 Å². The molecule has 102 valence electrons. The van der Waals surface area contributed by atoms with Crippen LogP contribution in [-0.2, 0) is 0 Å². The Morgan fingerprint density at radius 3 is 2.25 bits per heavy atom. The van der Waals surface area contributed by atoms with Crippen LogP contribution in [-0.4, -0.2) is 17.0 Å². The van der Waals surface area contributed by atoms with E-state index in [1.165, 1.54) is 24.3 Å². The number of anilines is 1. The molecule has 2 rings (SSSR count). The summed E-state index contributed by atoms with van der Waals surface area (Å²) >= 11 is 0. The second-order valence-electron chi connectivity index (χ2n) is 4.01. The van der Waals surface area contributed by atoms with Crippen LogP contribution in [0.15, 0.2) is 42.5 Å². The molecule has 0 fully saturated rings. The normalized spacial score (nSPS) is 10.0. The highest BCUT2D eigenvalue weighted by Crippen LogP contribution is 2.30. The number of nitrogens with two attached hydrogens (primary N) is 2. The third-order valence-electron chi connectivity index (χ3n) is 2.66. The Morgan fingerprint density at radius 2 is 1.70 bits per heavy atom. The Hall–Kier alpha value is -3.02. The minimum Gasteiger partial charge on any atom is -0.478 e. The highest BCUT2D eigenvalue weighted by Gasteiger charge is 2.12. The lowest BCUT2D eigenvalue weighted by atomic mass is 10.1. The monoisotopic (exact) mass is 272 g/mol. The molecule has 2 aromatic carbocycles. The van der Waals surface area contributed by atoms with Crippen LogP contribution < -0.4 is 16.2 Å². The molecule has 0 radical (unpaired) electrons. The van der Waals surface area contributed by atoms with Crippen molar-refractivity contribution in [2.24, 2.45) is 5.73 Å². The lowest BCUT2D eigenvalue weighted by Crippen LogP contribution is -2.10. The Balaban J connectivity index is 2.28. The van der Waals surface area contributed by atoms with Gasteiger partial charge in [0.2, 0.25) is 5.91 Å². The fraction of sp³-hybridized carbons (Fsp3) is 0. The molecule has 0 saturated carbocycles. The van der Waals surface area contributed by atoms with Crippen molar-refractivity contribution in [3.63, 3.8) is 0 Å². The lowest BCUT2D eigenvalue weighted by molar-refractivity contribution is 0.0697. The number of benzene rings is 2. The topological polar surface area (TPSA) is 116 Å². The van der Waals surface area contributed by atoms with Gasteiger partial charge in [-0.1, -0.05) is 6.07 Å². The van der Waals surface area contributed by atoms with Crippen molar-refractivity contribution < 1.29 is 19.4 Å². The number of amides is 1. The predicted molar refractivity (Wildman–Crippen MR) is 72.8 cm³/mol. The molecular weight excluding hydrogens is 260 g/mol. The fourth-order valence-corrected chi connectivity index (χ4v) is 1.63. The van der Waals surface area contributed by atoms with Gasteiger partial charge >= 0.3 is 5.97 Å². The van der Waals surface area contributed by atoms with E-state index >= 15 is 0 Å². The van der Waals surface area contributed by atoms with E-state index in [0.717, 1.165) is 0 Å². The molecule has 6 heteroatoms. The molecule has 0 atom stereocenters. The highest BCUT2D eigenvalue weighted by atomic mass is 16.5. The molecule has 0 aliphatic carbocycles. The van der Waals surface area contributed by atoms with Crippen LogP contribution in [0.2, 0.25) is 0 Å². The molecule has 0 bridgehead atoms. The number of carboxylic acid groups (broad SMARTS) is 1. The molecule has 20 heavy (non-hydrogen) atoms. The predicted octanol–water partition coefficient (Wildman–Crippen LogP) is 1.86. The number of rotatable bonds is 4. The summed E-state index contributed by atoms with van der Waals surface area (Å²) in [5, 5.41) is 8.97. The number of primary amides is 1. The van der Waals surface area contributed by atoms with Crippen LogP contribution >= 0.6 is 0 Å². The quantitative estimate of drug-likeness (QED) is 0.734. The molecule has 0 aliphatic heterocycles. The number of ether oxygens (including phenoxy) is 1. The Bertz CT molecular complexity index is 665. The molecular formula is C14H12N2O4. The molecule has 0 unspecified atom stereocenters. The van der Waals surface area contributed by atoms with Crippen LogP contribution in [0.25, 0.3) is 0 Å².